The van der Waals surface area contributed by atoms with E-state index in [1.165, 1.54) is 0 Å². The van der Waals surface area contributed by atoms with Gasteiger partial charge in [0.15, 0.2) is 0 Å². The van der Waals surface area contributed by atoms with E-state index in [1.807, 2.05) is 43.0 Å². The van der Waals surface area contributed by atoms with Crippen LogP contribution < -0.4 is 16.0 Å². The molecule has 1 aliphatic rings. The first-order valence-corrected chi connectivity index (χ1v) is 10.7. The molecule has 1 fully saturated rings. The van der Waals surface area contributed by atoms with E-state index in [0.29, 0.717) is 17.1 Å². The summed E-state index contributed by atoms with van der Waals surface area (Å²) in [6, 6.07) is 12.8. The Bertz CT molecular complexity index is 893. The second kappa shape index (κ2) is 10.5. The van der Waals surface area contributed by atoms with Gasteiger partial charge in [0.25, 0.3) is 5.91 Å². The average molecular weight is 429 g/mol. The molecule has 2 aromatic rings. The van der Waals surface area contributed by atoms with Gasteiger partial charge in [0, 0.05) is 47.6 Å². The minimum Gasteiger partial charge on any atom is -0.355 e. The lowest BCUT2D eigenvalue weighted by atomic mass is 10.0. The highest BCUT2D eigenvalue weighted by molar-refractivity contribution is 6.30. The van der Waals surface area contributed by atoms with Crippen LogP contribution in [-0.4, -0.2) is 48.9 Å². The van der Waals surface area contributed by atoms with Crippen LogP contribution in [0.2, 0.25) is 5.02 Å². The number of hydrogen-bond donors (Lipinski definition) is 3. The summed E-state index contributed by atoms with van der Waals surface area (Å²) in [4.78, 5) is 27.3. The SMILES string of the molecule is CC(C)NC(=O)c1ccc(CC(=O)N2CCCNCC2)c(Nc2cccc(Cl)c2)c1. The van der Waals surface area contributed by atoms with E-state index >= 15 is 0 Å². The first-order chi connectivity index (χ1) is 14.4. The Morgan fingerprint density at radius 1 is 1.13 bits per heavy atom. The maximum absolute atomic E-state index is 12.9. The Morgan fingerprint density at radius 3 is 2.73 bits per heavy atom. The maximum Gasteiger partial charge on any atom is 0.251 e. The average Bonchev–Trinajstić information content (AvgIpc) is 2.98. The number of carbonyl (C=O) groups is 2. The Kier molecular flexibility index (Phi) is 7.71. The number of carbonyl (C=O) groups excluding carboxylic acids is 2. The molecule has 0 spiro atoms. The minimum atomic E-state index is -0.143. The van der Waals surface area contributed by atoms with Crippen LogP contribution >= 0.6 is 11.6 Å². The van der Waals surface area contributed by atoms with E-state index in [0.717, 1.165) is 43.0 Å². The van der Waals surface area contributed by atoms with Gasteiger partial charge in [0.1, 0.15) is 0 Å². The molecule has 0 bridgehead atoms. The fourth-order valence-electron chi connectivity index (χ4n) is 3.43. The van der Waals surface area contributed by atoms with E-state index in [1.54, 1.807) is 18.2 Å². The predicted octanol–water partition coefficient (Wildman–Crippen LogP) is 3.59. The summed E-state index contributed by atoms with van der Waals surface area (Å²) in [5.41, 5.74) is 2.92. The van der Waals surface area contributed by atoms with Crippen molar-refractivity contribution < 1.29 is 9.59 Å². The number of anilines is 2. The van der Waals surface area contributed by atoms with Crippen LogP contribution in [0.15, 0.2) is 42.5 Å². The van der Waals surface area contributed by atoms with Gasteiger partial charge in [0.2, 0.25) is 5.91 Å². The van der Waals surface area contributed by atoms with Crippen molar-refractivity contribution in [1.29, 1.82) is 0 Å². The largest absolute Gasteiger partial charge is 0.355 e. The van der Waals surface area contributed by atoms with Crippen molar-refractivity contribution in [1.82, 2.24) is 15.5 Å². The molecule has 0 radical (unpaired) electrons. The third-order valence-electron chi connectivity index (χ3n) is 4.93. The Labute approximate surface area is 183 Å². The van der Waals surface area contributed by atoms with Crippen molar-refractivity contribution in [2.45, 2.75) is 32.7 Å². The van der Waals surface area contributed by atoms with Crippen molar-refractivity contribution in [2.24, 2.45) is 0 Å². The van der Waals surface area contributed by atoms with Gasteiger partial charge in [-0.1, -0.05) is 23.7 Å². The van der Waals surface area contributed by atoms with Crippen molar-refractivity contribution in [3.63, 3.8) is 0 Å². The van der Waals surface area contributed by atoms with Crippen LogP contribution in [0.4, 0.5) is 11.4 Å². The number of amides is 2. The zero-order valence-electron chi connectivity index (χ0n) is 17.5. The minimum absolute atomic E-state index is 0.0414. The smallest absolute Gasteiger partial charge is 0.251 e. The van der Waals surface area contributed by atoms with Crippen molar-refractivity contribution in [3.8, 4) is 0 Å². The van der Waals surface area contributed by atoms with Gasteiger partial charge in [-0.25, -0.2) is 0 Å². The Hall–Kier alpha value is -2.57. The molecule has 3 N–H and O–H groups in total. The highest BCUT2D eigenvalue weighted by atomic mass is 35.5. The van der Waals surface area contributed by atoms with E-state index < -0.39 is 0 Å². The van der Waals surface area contributed by atoms with Gasteiger partial charge in [-0.3, -0.25) is 9.59 Å². The van der Waals surface area contributed by atoms with E-state index in [4.69, 9.17) is 11.6 Å². The van der Waals surface area contributed by atoms with Crippen molar-refractivity contribution >= 4 is 34.8 Å². The molecule has 1 saturated heterocycles. The third kappa shape index (κ3) is 6.21. The summed E-state index contributed by atoms with van der Waals surface area (Å²) in [5, 5.41) is 10.2. The molecule has 3 rings (SSSR count). The number of rotatable bonds is 6. The molecule has 0 aromatic heterocycles. The number of nitrogens with zero attached hydrogens (tertiary/aromatic N) is 1. The van der Waals surface area contributed by atoms with Crippen LogP contribution in [0.3, 0.4) is 0 Å². The molecule has 7 heteroatoms. The van der Waals surface area contributed by atoms with E-state index in [2.05, 4.69) is 16.0 Å². The molecule has 2 amide bonds. The standard InChI is InChI=1S/C23H29ClN4O2/c1-16(2)26-23(30)18-8-7-17(14-22(29)28-11-4-9-25-10-12-28)21(13-18)27-20-6-3-5-19(24)15-20/h3,5-8,13,15-16,25,27H,4,9-12,14H2,1-2H3,(H,26,30). The molecular weight excluding hydrogens is 400 g/mol. The molecule has 1 aliphatic heterocycles. The molecule has 160 valence electrons. The number of halogens is 1. The molecule has 0 saturated carbocycles. The quantitative estimate of drug-likeness (QED) is 0.657. The molecule has 0 aliphatic carbocycles. The molecular formula is C23H29ClN4O2. The summed E-state index contributed by atoms with van der Waals surface area (Å²) >= 11 is 6.12. The third-order valence-corrected chi connectivity index (χ3v) is 5.17. The van der Waals surface area contributed by atoms with E-state index in [-0.39, 0.29) is 24.3 Å². The fraction of sp³-hybridized carbons (Fsp3) is 0.391. The molecule has 2 aromatic carbocycles. The van der Waals surface area contributed by atoms with Crippen molar-refractivity contribution in [2.75, 3.05) is 31.5 Å². The van der Waals surface area contributed by atoms with Gasteiger partial charge in [-0.15, -0.1) is 0 Å². The molecule has 0 atom stereocenters. The highest BCUT2D eigenvalue weighted by Gasteiger charge is 2.18. The van der Waals surface area contributed by atoms with Crippen LogP contribution in [0, 0.1) is 0 Å². The Balaban J connectivity index is 1.86. The zero-order valence-corrected chi connectivity index (χ0v) is 18.3. The van der Waals surface area contributed by atoms with Gasteiger partial charge < -0.3 is 20.9 Å². The lowest BCUT2D eigenvalue weighted by molar-refractivity contribution is -0.130. The van der Waals surface area contributed by atoms with Gasteiger partial charge in [0.05, 0.1) is 6.42 Å². The number of nitrogens with one attached hydrogen (secondary N) is 3. The summed E-state index contributed by atoms with van der Waals surface area (Å²) < 4.78 is 0. The summed E-state index contributed by atoms with van der Waals surface area (Å²) in [6.45, 7) is 7.07. The highest BCUT2D eigenvalue weighted by Crippen LogP contribution is 2.25. The maximum atomic E-state index is 12.9. The monoisotopic (exact) mass is 428 g/mol. The molecule has 6 nitrogen and oxygen atoms in total. The van der Waals surface area contributed by atoms with Gasteiger partial charge in [-0.05, 0) is 62.7 Å². The summed E-state index contributed by atoms with van der Waals surface area (Å²) in [7, 11) is 0. The van der Waals surface area contributed by atoms with Crippen LogP contribution in [0.5, 0.6) is 0 Å². The zero-order chi connectivity index (χ0) is 21.5. The number of hydrogen-bond acceptors (Lipinski definition) is 4. The fourth-order valence-corrected chi connectivity index (χ4v) is 3.62. The topological polar surface area (TPSA) is 73.5 Å². The normalized spacial score (nSPS) is 14.3. The van der Waals surface area contributed by atoms with Gasteiger partial charge >= 0.3 is 0 Å². The molecule has 30 heavy (non-hydrogen) atoms. The van der Waals surface area contributed by atoms with Crippen LogP contribution in [0.1, 0.15) is 36.2 Å². The van der Waals surface area contributed by atoms with Crippen LogP contribution in [-0.2, 0) is 11.2 Å². The lowest BCUT2D eigenvalue weighted by Crippen LogP contribution is -2.35. The molecule has 1 heterocycles. The first-order valence-electron chi connectivity index (χ1n) is 10.4. The molecule has 0 unspecified atom stereocenters. The second-order valence-corrected chi connectivity index (χ2v) is 8.23. The van der Waals surface area contributed by atoms with Crippen molar-refractivity contribution in [3.05, 3.63) is 58.6 Å². The first kappa shape index (κ1) is 22.1. The number of benzene rings is 2. The van der Waals surface area contributed by atoms with E-state index in [9.17, 15) is 9.59 Å². The summed E-state index contributed by atoms with van der Waals surface area (Å²) in [6.07, 6.45) is 1.22. The van der Waals surface area contributed by atoms with Crippen LogP contribution in [0.25, 0.3) is 0 Å². The predicted molar refractivity (Wildman–Crippen MR) is 122 cm³/mol. The Morgan fingerprint density at radius 2 is 1.97 bits per heavy atom. The lowest BCUT2D eigenvalue weighted by Gasteiger charge is -2.21. The second-order valence-electron chi connectivity index (χ2n) is 7.80. The van der Waals surface area contributed by atoms with Gasteiger partial charge in [-0.2, -0.15) is 0 Å². The summed E-state index contributed by atoms with van der Waals surface area (Å²) in [5.74, 6) is -0.0529.